The van der Waals surface area contributed by atoms with Gasteiger partial charge in [0.25, 0.3) is 11.8 Å². The van der Waals surface area contributed by atoms with Crippen LogP contribution in [0.1, 0.15) is 31.3 Å². The second-order valence-corrected chi connectivity index (χ2v) is 7.40. The molecule has 0 aliphatic carbocycles. The molecule has 28 heavy (non-hydrogen) atoms. The maximum Gasteiger partial charge on any atom is 0.413 e. The molecule has 2 aromatic rings. The highest BCUT2D eigenvalue weighted by Crippen LogP contribution is 2.29. The van der Waals surface area contributed by atoms with Crippen LogP contribution in [-0.4, -0.2) is 58.8 Å². The van der Waals surface area contributed by atoms with Crippen molar-refractivity contribution < 1.29 is 23.9 Å². The molecule has 0 spiro atoms. The quantitative estimate of drug-likeness (QED) is 0.782. The Labute approximate surface area is 163 Å². The minimum Gasteiger partial charge on any atom is -0.453 e. The minimum atomic E-state index is -0.607. The van der Waals surface area contributed by atoms with E-state index in [2.05, 4.69) is 15.0 Å². The lowest BCUT2D eigenvalue weighted by atomic mass is 10.1. The molecule has 2 aliphatic heterocycles. The number of hydrogen-bond donors (Lipinski definition) is 1. The number of carbonyl (C=O) groups excluding carboxylic acids is 4. The number of benzene rings is 1. The van der Waals surface area contributed by atoms with Gasteiger partial charge in [-0.3, -0.25) is 24.6 Å². The lowest BCUT2D eigenvalue weighted by Gasteiger charge is -2.27. The van der Waals surface area contributed by atoms with Gasteiger partial charge in [0.05, 0.1) is 30.5 Å². The van der Waals surface area contributed by atoms with E-state index in [-0.39, 0.29) is 12.5 Å². The van der Waals surface area contributed by atoms with Gasteiger partial charge in [-0.15, -0.1) is 0 Å². The standard InChI is InChI=1S/C18H16N4O5S/c1-27-18(26)20-17-19-12-6-7-21(8-13(12)28-17)14(23)9-22-15(24)10-4-2-3-5-11(10)16(22)25/h2-5H,6-9H2,1H3,(H,19,20,26). The van der Waals surface area contributed by atoms with Crippen LogP contribution in [0.4, 0.5) is 9.93 Å². The van der Waals surface area contributed by atoms with Gasteiger partial charge in [-0.05, 0) is 12.1 Å². The average molecular weight is 400 g/mol. The Morgan fingerprint density at radius 2 is 1.89 bits per heavy atom. The molecule has 4 amide bonds. The maximum atomic E-state index is 12.7. The SMILES string of the molecule is COC(=O)Nc1nc2c(s1)CN(C(=O)CN1C(=O)c3ccccc3C1=O)CC2. The molecule has 3 heterocycles. The smallest absolute Gasteiger partial charge is 0.413 e. The fourth-order valence-corrected chi connectivity index (χ4v) is 4.23. The molecule has 10 heteroatoms. The number of nitrogens with zero attached hydrogens (tertiary/aromatic N) is 3. The molecule has 144 valence electrons. The Morgan fingerprint density at radius 1 is 1.21 bits per heavy atom. The first-order valence-electron chi connectivity index (χ1n) is 8.54. The van der Waals surface area contributed by atoms with E-state index in [4.69, 9.17) is 0 Å². The van der Waals surface area contributed by atoms with Crippen LogP contribution < -0.4 is 5.32 Å². The molecule has 0 atom stereocenters. The lowest BCUT2D eigenvalue weighted by molar-refractivity contribution is -0.132. The van der Waals surface area contributed by atoms with Gasteiger partial charge in [0.2, 0.25) is 5.91 Å². The molecule has 1 N–H and O–H groups in total. The van der Waals surface area contributed by atoms with Crippen molar-refractivity contribution in [2.24, 2.45) is 0 Å². The summed E-state index contributed by atoms with van der Waals surface area (Å²) in [5.41, 5.74) is 1.46. The molecule has 2 aliphatic rings. The van der Waals surface area contributed by atoms with E-state index in [1.165, 1.54) is 18.4 Å². The second-order valence-electron chi connectivity index (χ2n) is 6.31. The third-order valence-electron chi connectivity index (χ3n) is 4.65. The number of amides is 4. The number of imide groups is 1. The van der Waals surface area contributed by atoms with E-state index in [0.717, 1.165) is 15.5 Å². The van der Waals surface area contributed by atoms with Crippen LogP contribution in [-0.2, 0) is 22.5 Å². The number of hydrogen-bond acceptors (Lipinski definition) is 7. The van der Waals surface area contributed by atoms with Crippen molar-refractivity contribution in [1.82, 2.24) is 14.8 Å². The number of anilines is 1. The maximum absolute atomic E-state index is 12.7. The van der Waals surface area contributed by atoms with Crippen molar-refractivity contribution in [3.05, 3.63) is 46.0 Å². The van der Waals surface area contributed by atoms with Crippen molar-refractivity contribution in [1.29, 1.82) is 0 Å². The summed E-state index contributed by atoms with van der Waals surface area (Å²) in [5, 5.41) is 2.93. The summed E-state index contributed by atoms with van der Waals surface area (Å²) in [4.78, 5) is 56.7. The third kappa shape index (κ3) is 3.11. The molecule has 0 saturated carbocycles. The summed E-state index contributed by atoms with van der Waals surface area (Å²) in [7, 11) is 1.27. The molecular weight excluding hydrogens is 384 g/mol. The Kier molecular flexibility index (Phi) is 4.55. The monoisotopic (exact) mass is 400 g/mol. The molecule has 0 radical (unpaired) electrons. The van der Waals surface area contributed by atoms with Crippen LogP contribution >= 0.6 is 11.3 Å². The topological polar surface area (TPSA) is 109 Å². The number of nitrogens with one attached hydrogen (secondary N) is 1. The fourth-order valence-electron chi connectivity index (χ4n) is 3.22. The highest BCUT2D eigenvalue weighted by Gasteiger charge is 2.37. The molecule has 0 bridgehead atoms. The molecule has 1 aromatic heterocycles. The predicted molar refractivity (Wildman–Crippen MR) is 99.1 cm³/mol. The van der Waals surface area contributed by atoms with Crippen LogP contribution in [0.25, 0.3) is 0 Å². The van der Waals surface area contributed by atoms with Crippen LogP contribution in [0.3, 0.4) is 0 Å². The average Bonchev–Trinajstić information content (AvgIpc) is 3.21. The minimum absolute atomic E-state index is 0.298. The molecule has 4 rings (SSSR count). The summed E-state index contributed by atoms with van der Waals surface area (Å²) >= 11 is 1.27. The van der Waals surface area contributed by atoms with Crippen molar-refractivity contribution in [3.8, 4) is 0 Å². The van der Waals surface area contributed by atoms with E-state index in [9.17, 15) is 19.2 Å². The number of fused-ring (bicyclic) bond motifs is 2. The summed E-state index contributed by atoms with van der Waals surface area (Å²) in [6.07, 6.45) is -0.0765. The van der Waals surface area contributed by atoms with E-state index in [1.807, 2.05) is 0 Å². The normalized spacial score (nSPS) is 15.3. The number of rotatable bonds is 3. The largest absolute Gasteiger partial charge is 0.453 e. The predicted octanol–water partition coefficient (Wildman–Crippen LogP) is 1.50. The van der Waals surface area contributed by atoms with Gasteiger partial charge in [-0.25, -0.2) is 9.78 Å². The van der Waals surface area contributed by atoms with E-state index in [1.54, 1.807) is 29.2 Å². The molecule has 0 fully saturated rings. The first kappa shape index (κ1) is 18.1. The number of aromatic nitrogens is 1. The summed E-state index contributed by atoms with van der Waals surface area (Å²) in [6, 6.07) is 6.54. The Bertz CT molecular complexity index is 967. The number of methoxy groups -OCH3 is 1. The van der Waals surface area contributed by atoms with Crippen molar-refractivity contribution in [2.45, 2.75) is 13.0 Å². The molecule has 0 unspecified atom stereocenters. The molecule has 0 saturated heterocycles. The Balaban J connectivity index is 1.44. The first-order valence-corrected chi connectivity index (χ1v) is 9.36. The van der Waals surface area contributed by atoms with Gasteiger partial charge in [-0.1, -0.05) is 23.5 Å². The van der Waals surface area contributed by atoms with E-state index < -0.39 is 17.9 Å². The molecule has 9 nitrogen and oxygen atoms in total. The third-order valence-corrected chi connectivity index (χ3v) is 5.65. The van der Waals surface area contributed by atoms with Crippen molar-refractivity contribution in [2.75, 3.05) is 25.5 Å². The zero-order valence-electron chi connectivity index (χ0n) is 14.9. The number of carbonyl (C=O) groups is 4. The van der Waals surface area contributed by atoms with Crippen LogP contribution in [0.5, 0.6) is 0 Å². The summed E-state index contributed by atoms with van der Waals surface area (Å²) in [6.45, 7) is 0.446. The zero-order chi connectivity index (χ0) is 19.8. The van der Waals surface area contributed by atoms with Crippen LogP contribution in [0, 0.1) is 0 Å². The van der Waals surface area contributed by atoms with Gasteiger partial charge < -0.3 is 9.64 Å². The van der Waals surface area contributed by atoms with Gasteiger partial charge in [0.15, 0.2) is 5.13 Å². The van der Waals surface area contributed by atoms with Crippen LogP contribution in [0.2, 0.25) is 0 Å². The van der Waals surface area contributed by atoms with E-state index in [0.29, 0.717) is 35.8 Å². The summed E-state index contributed by atoms with van der Waals surface area (Å²) < 4.78 is 4.55. The second kappa shape index (κ2) is 7.04. The Hall–Kier alpha value is -3.27. The van der Waals surface area contributed by atoms with Crippen LogP contribution in [0.15, 0.2) is 24.3 Å². The lowest BCUT2D eigenvalue weighted by Crippen LogP contribution is -2.44. The molecule has 1 aromatic carbocycles. The van der Waals surface area contributed by atoms with Gasteiger partial charge in [0, 0.05) is 17.8 Å². The number of thiazole rings is 1. The van der Waals surface area contributed by atoms with Gasteiger partial charge in [-0.2, -0.15) is 0 Å². The van der Waals surface area contributed by atoms with Gasteiger partial charge in [0.1, 0.15) is 6.54 Å². The fraction of sp³-hybridized carbons (Fsp3) is 0.278. The summed E-state index contributed by atoms with van der Waals surface area (Å²) in [5.74, 6) is -1.21. The number of ether oxygens (including phenoxy) is 1. The zero-order valence-corrected chi connectivity index (χ0v) is 15.7. The first-order chi connectivity index (χ1) is 13.5. The highest BCUT2D eigenvalue weighted by molar-refractivity contribution is 7.15. The Morgan fingerprint density at radius 3 is 2.54 bits per heavy atom. The van der Waals surface area contributed by atoms with E-state index >= 15 is 0 Å². The van der Waals surface area contributed by atoms with Crippen molar-refractivity contribution >= 4 is 40.3 Å². The van der Waals surface area contributed by atoms with Gasteiger partial charge >= 0.3 is 6.09 Å². The highest BCUT2D eigenvalue weighted by atomic mass is 32.1. The van der Waals surface area contributed by atoms with Crippen molar-refractivity contribution in [3.63, 3.8) is 0 Å². The molecular formula is C18H16N4O5S.